The van der Waals surface area contributed by atoms with Crippen LogP contribution in [0.5, 0.6) is 0 Å². The highest BCUT2D eigenvalue weighted by Crippen LogP contribution is 2.23. The van der Waals surface area contributed by atoms with Crippen LogP contribution in [0.25, 0.3) is 0 Å². The van der Waals surface area contributed by atoms with Crippen molar-refractivity contribution in [3.63, 3.8) is 0 Å². The van der Waals surface area contributed by atoms with Crippen molar-refractivity contribution in [2.24, 2.45) is 0 Å². The van der Waals surface area contributed by atoms with Crippen LogP contribution in [-0.2, 0) is 11.3 Å². The lowest BCUT2D eigenvalue weighted by Crippen LogP contribution is -2.57. The van der Waals surface area contributed by atoms with Gasteiger partial charge in [-0.3, -0.25) is 9.69 Å². The highest BCUT2D eigenvalue weighted by Gasteiger charge is 2.29. The maximum atomic E-state index is 12.2. The number of carbonyl (C=O) groups is 1. The van der Waals surface area contributed by atoms with Crippen LogP contribution in [0.4, 0.5) is 0 Å². The fourth-order valence-corrected chi connectivity index (χ4v) is 2.73. The number of carbonyl (C=O) groups excluding carboxylic acids is 1. The van der Waals surface area contributed by atoms with Gasteiger partial charge in [-0.25, -0.2) is 0 Å². The first-order valence-electron chi connectivity index (χ1n) is 6.59. The second kappa shape index (κ2) is 6.76. The molecule has 1 aliphatic rings. The van der Waals surface area contributed by atoms with Gasteiger partial charge in [-0.2, -0.15) is 0 Å². The van der Waals surface area contributed by atoms with Gasteiger partial charge in [0.15, 0.2) is 0 Å². The van der Waals surface area contributed by atoms with Gasteiger partial charge in [0.1, 0.15) is 6.04 Å². The lowest BCUT2D eigenvalue weighted by atomic mass is 10.1. The van der Waals surface area contributed by atoms with E-state index >= 15 is 0 Å². The molecule has 1 saturated heterocycles. The van der Waals surface area contributed by atoms with E-state index in [1.807, 2.05) is 6.07 Å². The van der Waals surface area contributed by atoms with Crippen LogP contribution in [0.1, 0.15) is 5.56 Å². The molecule has 0 bridgehead atoms. The van der Waals surface area contributed by atoms with Crippen LogP contribution in [0, 0.1) is 0 Å². The molecule has 1 N–H and O–H groups in total. The number of hydrogen-bond donors (Lipinski definition) is 1. The van der Waals surface area contributed by atoms with Crippen molar-refractivity contribution < 1.29 is 4.79 Å². The molecule has 0 aliphatic carbocycles. The molecule has 6 heteroatoms. The number of nitrogens with one attached hydrogen (secondary N) is 1. The minimum atomic E-state index is -0.159. The van der Waals surface area contributed by atoms with Gasteiger partial charge < -0.3 is 10.2 Å². The Morgan fingerprint density at radius 1 is 1.45 bits per heavy atom. The highest BCUT2D eigenvalue weighted by molar-refractivity contribution is 6.33. The van der Waals surface area contributed by atoms with Gasteiger partial charge in [0.2, 0.25) is 5.91 Å². The smallest absolute Gasteiger partial charge is 0.240 e. The molecule has 0 spiro atoms. The first-order chi connectivity index (χ1) is 9.49. The van der Waals surface area contributed by atoms with E-state index in [0.29, 0.717) is 23.1 Å². The van der Waals surface area contributed by atoms with E-state index in [4.69, 9.17) is 23.2 Å². The molecule has 1 fully saturated rings. The minimum absolute atomic E-state index is 0.107. The molecular formula is C14H19Cl2N3O. The monoisotopic (exact) mass is 315 g/mol. The maximum Gasteiger partial charge on any atom is 0.240 e. The first-order valence-corrected chi connectivity index (χ1v) is 7.34. The Kier molecular flexibility index (Phi) is 5.27. The molecule has 1 aromatic rings. The first kappa shape index (κ1) is 15.6. The van der Waals surface area contributed by atoms with E-state index in [2.05, 4.69) is 10.2 Å². The highest BCUT2D eigenvalue weighted by atomic mass is 35.5. The van der Waals surface area contributed by atoms with Gasteiger partial charge in [0.25, 0.3) is 0 Å². The summed E-state index contributed by atoms with van der Waals surface area (Å²) in [5.74, 6) is 0.107. The van der Waals surface area contributed by atoms with Gasteiger partial charge in [-0.05, 0) is 23.8 Å². The zero-order chi connectivity index (χ0) is 14.7. The SMILES string of the molecule is CN(C)C(=O)C1CNCCN1Cc1cc(Cl)ccc1Cl. The topological polar surface area (TPSA) is 35.6 Å². The number of amides is 1. The third kappa shape index (κ3) is 3.64. The van der Waals surface area contributed by atoms with Crippen molar-refractivity contribution in [1.29, 1.82) is 0 Å². The average molecular weight is 316 g/mol. The second-order valence-electron chi connectivity index (χ2n) is 5.16. The lowest BCUT2D eigenvalue weighted by molar-refractivity contribution is -0.135. The fraction of sp³-hybridized carbons (Fsp3) is 0.500. The Labute approximate surface area is 129 Å². The summed E-state index contributed by atoms with van der Waals surface area (Å²) in [6.45, 7) is 2.98. The molecule has 2 rings (SSSR count). The summed E-state index contributed by atoms with van der Waals surface area (Å²) in [5, 5.41) is 4.61. The fourth-order valence-electron chi connectivity index (χ4n) is 2.36. The van der Waals surface area contributed by atoms with Crippen LogP contribution < -0.4 is 5.32 Å². The van der Waals surface area contributed by atoms with Crippen molar-refractivity contribution >= 4 is 29.1 Å². The predicted molar refractivity (Wildman–Crippen MR) is 82.2 cm³/mol. The summed E-state index contributed by atoms with van der Waals surface area (Å²) >= 11 is 12.2. The van der Waals surface area contributed by atoms with Crippen LogP contribution in [-0.4, -0.2) is 55.5 Å². The summed E-state index contributed by atoms with van der Waals surface area (Å²) < 4.78 is 0. The summed E-state index contributed by atoms with van der Waals surface area (Å²) in [4.78, 5) is 16.0. The van der Waals surface area contributed by atoms with Crippen molar-refractivity contribution in [2.75, 3.05) is 33.7 Å². The summed E-state index contributed by atoms with van der Waals surface area (Å²) in [5.41, 5.74) is 0.956. The molecule has 1 heterocycles. The molecule has 1 unspecified atom stereocenters. The number of piperazine rings is 1. The Hall–Kier alpha value is -0.810. The molecule has 1 aromatic carbocycles. The number of benzene rings is 1. The molecular weight excluding hydrogens is 297 g/mol. The zero-order valence-electron chi connectivity index (χ0n) is 11.7. The Morgan fingerprint density at radius 2 is 2.20 bits per heavy atom. The third-order valence-electron chi connectivity index (χ3n) is 3.46. The number of rotatable bonds is 3. The van der Waals surface area contributed by atoms with Crippen molar-refractivity contribution in [3.8, 4) is 0 Å². The molecule has 20 heavy (non-hydrogen) atoms. The molecule has 1 atom stereocenters. The molecule has 0 radical (unpaired) electrons. The second-order valence-corrected chi connectivity index (χ2v) is 6.00. The van der Waals surface area contributed by atoms with Gasteiger partial charge >= 0.3 is 0 Å². The summed E-state index contributed by atoms with van der Waals surface area (Å²) in [6.07, 6.45) is 0. The maximum absolute atomic E-state index is 12.2. The molecule has 0 aromatic heterocycles. The molecule has 110 valence electrons. The number of halogens is 2. The molecule has 1 aliphatic heterocycles. The van der Waals surface area contributed by atoms with E-state index < -0.39 is 0 Å². The van der Waals surface area contributed by atoms with Crippen LogP contribution in [0.2, 0.25) is 10.0 Å². The minimum Gasteiger partial charge on any atom is -0.347 e. The van der Waals surface area contributed by atoms with Gasteiger partial charge in [-0.15, -0.1) is 0 Å². The predicted octanol–water partition coefficient (Wildman–Crippen LogP) is 1.86. The molecule has 1 amide bonds. The van der Waals surface area contributed by atoms with Crippen LogP contribution in [0.15, 0.2) is 18.2 Å². The lowest BCUT2D eigenvalue weighted by Gasteiger charge is -2.36. The van der Waals surface area contributed by atoms with Gasteiger partial charge in [-0.1, -0.05) is 23.2 Å². The molecule has 4 nitrogen and oxygen atoms in total. The Balaban J connectivity index is 2.16. The number of nitrogens with zero attached hydrogens (tertiary/aromatic N) is 2. The van der Waals surface area contributed by atoms with Crippen LogP contribution in [0.3, 0.4) is 0 Å². The third-order valence-corrected chi connectivity index (χ3v) is 4.07. The normalized spacial score (nSPS) is 19.9. The zero-order valence-corrected chi connectivity index (χ0v) is 13.2. The number of hydrogen-bond acceptors (Lipinski definition) is 3. The summed E-state index contributed by atoms with van der Waals surface area (Å²) in [7, 11) is 3.56. The number of likely N-dealkylation sites (N-methyl/N-ethyl adjacent to an activating group) is 1. The van der Waals surface area contributed by atoms with E-state index in [1.165, 1.54) is 0 Å². The Morgan fingerprint density at radius 3 is 2.90 bits per heavy atom. The van der Waals surface area contributed by atoms with E-state index in [1.54, 1.807) is 31.1 Å². The Bertz CT molecular complexity index is 493. The average Bonchev–Trinajstić information content (AvgIpc) is 2.42. The van der Waals surface area contributed by atoms with E-state index in [0.717, 1.165) is 18.7 Å². The standard InChI is InChI=1S/C14H19Cl2N3O/c1-18(2)14(20)13-8-17-5-6-19(13)9-10-7-11(15)3-4-12(10)16/h3-4,7,13,17H,5-6,8-9H2,1-2H3. The summed E-state index contributed by atoms with van der Waals surface area (Å²) in [6, 6.07) is 5.27. The van der Waals surface area contributed by atoms with Crippen molar-refractivity contribution in [1.82, 2.24) is 15.1 Å². The van der Waals surface area contributed by atoms with E-state index in [-0.39, 0.29) is 11.9 Å². The van der Waals surface area contributed by atoms with E-state index in [9.17, 15) is 4.79 Å². The largest absolute Gasteiger partial charge is 0.347 e. The van der Waals surface area contributed by atoms with Crippen LogP contribution >= 0.6 is 23.2 Å². The van der Waals surface area contributed by atoms with Gasteiger partial charge in [0, 0.05) is 50.3 Å². The quantitative estimate of drug-likeness (QED) is 0.924. The molecule has 0 saturated carbocycles. The van der Waals surface area contributed by atoms with Gasteiger partial charge in [0.05, 0.1) is 0 Å². The van der Waals surface area contributed by atoms with Crippen molar-refractivity contribution in [2.45, 2.75) is 12.6 Å². The van der Waals surface area contributed by atoms with Crippen molar-refractivity contribution in [3.05, 3.63) is 33.8 Å².